The molecule has 0 bridgehead atoms. The summed E-state index contributed by atoms with van der Waals surface area (Å²) in [6.45, 7) is 4.23. The lowest BCUT2D eigenvalue weighted by molar-refractivity contribution is -0.137. The van der Waals surface area contributed by atoms with E-state index in [9.17, 15) is 18.8 Å². The number of hydrogen-bond donors (Lipinski definition) is 0. The van der Waals surface area contributed by atoms with Crippen molar-refractivity contribution in [1.82, 2.24) is 14.9 Å². The fraction of sp³-hybridized carbons (Fsp3) is 0.429. The first-order valence-corrected chi connectivity index (χ1v) is 9.92. The molecule has 164 valence electrons. The number of likely N-dealkylation sites (tertiary alicyclic amines) is 1. The van der Waals surface area contributed by atoms with Crippen molar-refractivity contribution in [2.75, 3.05) is 13.1 Å². The molecule has 7 nitrogen and oxygen atoms in total. The summed E-state index contributed by atoms with van der Waals surface area (Å²) in [4.78, 5) is 21.0. The molecular formula is C21H21ClF2N4O3. The molecule has 1 saturated heterocycles. The van der Waals surface area contributed by atoms with Crippen LogP contribution in [-0.2, 0) is 4.74 Å². The first kappa shape index (κ1) is 22.7. The summed E-state index contributed by atoms with van der Waals surface area (Å²) >= 11 is 5.80. The summed E-state index contributed by atoms with van der Waals surface area (Å²) in [5, 5.41) is 9.53. The van der Waals surface area contributed by atoms with Crippen LogP contribution in [0.1, 0.15) is 32.8 Å². The highest BCUT2D eigenvalue weighted by molar-refractivity contribution is 6.28. The number of piperidine rings is 1. The zero-order valence-corrected chi connectivity index (χ0v) is 18.0. The molecule has 0 unspecified atom stereocenters. The van der Waals surface area contributed by atoms with E-state index in [0.29, 0.717) is 11.3 Å². The van der Waals surface area contributed by atoms with Crippen LogP contribution < -0.4 is 4.74 Å². The van der Waals surface area contributed by atoms with Gasteiger partial charge < -0.3 is 14.4 Å². The van der Waals surface area contributed by atoms with E-state index >= 15 is 0 Å². The molecule has 1 aliphatic heterocycles. The number of carbonyl (C=O) groups excluding carboxylic acids is 1. The fourth-order valence-electron chi connectivity index (χ4n) is 3.08. The Morgan fingerprint density at radius 1 is 1.35 bits per heavy atom. The van der Waals surface area contributed by atoms with E-state index in [2.05, 4.69) is 9.97 Å². The summed E-state index contributed by atoms with van der Waals surface area (Å²) in [6, 6.07) is 8.11. The Morgan fingerprint density at radius 2 is 2.10 bits per heavy atom. The Kier molecular flexibility index (Phi) is 6.32. The average molecular weight is 451 g/mol. The predicted octanol–water partition coefficient (Wildman–Crippen LogP) is 4.69. The normalized spacial score (nSPS) is 18.2. The molecule has 1 aromatic carbocycles. The zero-order valence-electron chi connectivity index (χ0n) is 17.2. The number of carbonyl (C=O) groups is 1. The first-order chi connectivity index (χ1) is 14.5. The smallest absolute Gasteiger partial charge is 0.410 e. The van der Waals surface area contributed by atoms with Crippen molar-refractivity contribution >= 4 is 17.7 Å². The highest BCUT2D eigenvalue weighted by Crippen LogP contribution is 2.34. The monoisotopic (exact) mass is 450 g/mol. The third-order valence-electron chi connectivity index (χ3n) is 4.48. The van der Waals surface area contributed by atoms with Crippen molar-refractivity contribution in [2.24, 2.45) is 0 Å². The summed E-state index contributed by atoms with van der Waals surface area (Å²) in [5.41, 5.74) is 0.355. The van der Waals surface area contributed by atoms with Gasteiger partial charge in [-0.25, -0.2) is 23.5 Å². The molecule has 1 atom stereocenters. The lowest BCUT2D eigenvalue weighted by Crippen LogP contribution is -2.56. The number of nitriles is 1. The number of nitrogens with zero attached hydrogens (tertiary/aromatic N) is 4. The van der Waals surface area contributed by atoms with Gasteiger partial charge in [-0.3, -0.25) is 0 Å². The molecule has 0 spiro atoms. The number of aromatic nitrogens is 2. The van der Waals surface area contributed by atoms with Gasteiger partial charge in [0.1, 0.15) is 17.4 Å². The number of ether oxygens (including phenoxy) is 2. The Labute approximate surface area is 183 Å². The number of hydrogen-bond acceptors (Lipinski definition) is 6. The van der Waals surface area contributed by atoms with Crippen molar-refractivity contribution in [1.29, 1.82) is 5.26 Å². The molecule has 1 fully saturated rings. The average Bonchev–Trinajstić information content (AvgIpc) is 2.68. The Balaban J connectivity index is 1.75. The van der Waals surface area contributed by atoms with Crippen molar-refractivity contribution in [3.8, 4) is 23.1 Å². The lowest BCUT2D eigenvalue weighted by atomic mass is 10.0. The van der Waals surface area contributed by atoms with E-state index in [1.165, 1.54) is 18.3 Å². The van der Waals surface area contributed by atoms with E-state index < -0.39 is 30.3 Å². The van der Waals surface area contributed by atoms with Crippen molar-refractivity contribution in [2.45, 2.75) is 44.8 Å². The molecule has 0 aliphatic carbocycles. The molecule has 3 rings (SSSR count). The van der Waals surface area contributed by atoms with Crippen LogP contribution in [0.25, 0.3) is 11.3 Å². The molecule has 31 heavy (non-hydrogen) atoms. The van der Waals surface area contributed by atoms with Crippen LogP contribution in [0.3, 0.4) is 0 Å². The minimum Gasteiger partial charge on any atom is -0.483 e. The summed E-state index contributed by atoms with van der Waals surface area (Å²) in [5.74, 6) is -3.29. The van der Waals surface area contributed by atoms with Crippen LogP contribution >= 0.6 is 11.6 Å². The third kappa shape index (κ3) is 5.58. The molecule has 1 amide bonds. The number of rotatable bonds is 3. The van der Waals surface area contributed by atoms with E-state index in [1.54, 1.807) is 32.9 Å². The molecule has 2 aromatic rings. The van der Waals surface area contributed by atoms with E-state index in [1.807, 2.05) is 6.07 Å². The maximum Gasteiger partial charge on any atom is 0.410 e. The summed E-state index contributed by atoms with van der Waals surface area (Å²) < 4.78 is 40.2. The highest BCUT2D eigenvalue weighted by atomic mass is 35.5. The van der Waals surface area contributed by atoms with E-state index in [-0.39, 0.29) is 29.6 Å². The molecule has 1 aliphatic rings. The minimum absolute atomic E-state index is 0.0294. The van der Waals surface area contributed by atoms with Gasteiger partial charge in [-0.1, -0.05) is 0 Å². The largest absolute Gasteiger partial charge is 0.483 e. The van der Waals surface area contributed by atoms with Gasteiger partial charge in [-0.2, -0.15) is 5.26 Å². The molecule has 2 heterocycles. The van der Waals surface area contributed by atoms with Gasteiger partial charge in [0, 0.05) is 24.7 Å². The van der Waals surface area contributed by atoms with Crippen molar-refractivity contribution in [3.05, 3.63) is 41.3 Å². The van der Waals surface area contributed by atoms with Gasteiger partial charge >= 0.3 is 12.0 Å². The van der Waals surface area contributed by atoms with Gasteiger partial charge in [0.15, 0.2) is 6.10 Å². The number of halogens is 3. The Bertz CT molecular complexity index is 1020. The molecular weight excluding hydrogens is 430 g/mol. The zero-order chi connectivity index (χ0) is 22.8. The van der Waals surface area contributed by atoms with Crippen LogP contribution in [0, 0.1) is 11.3 Å². The van der Waals surface area contributed by atoms with Crippen LogP contribution in [0.15, 0.2) is 30.5 Å². The Morgan fingerprint density at radius 3 is 2.71 bits per heavy atom. The lowest BCUT2D eigenvalue weighted by Gasteiger charge is -2.38. The maximum atomic E-state index is 14.7. The van der Waals surface area contributed by atoms with Crippen LogP contribution in [0.4, 0.5) is 13.6 Å². The maximum absolute atomic E-state index is 14.7. The molecule has 10 heteroatoms. The van der Waals surface area contributed by atoms with Gasteiger partial charge in [0.25, 0.3) is 0 Å². The van der Waals surface area contributed by atoms with Crippen LogP contribution in [0.2, 0.25) is 5.28 Å². The first-order valence-electron chi connectivity index (χ1n) is 9.54. The summed E-state index contributed by atoms with van der Waals surface area (Å²) in [6.07, 6.45) is -0.922. The van der Waals surface area contributed by atoms with Crippen molar-refractivity contribution < 1.29 is 23.0 Å². The van der Waals surface area contributed by atoms with Gasteiger partial charge in [0.2, 0.25) is 5.28 Å². The second kappa shape index (κ2) is 8.63. The molecule has 0 radical (unpaired) electrons. The highest BCUT2D eigenvalue weighted by Gasteiger charge is 2.48. The topological polar surface area (TPSA) is 88.3 Å². The number of amides is 1. The third-order valence-corrected chi connectivity index (χ3v) is 4.66. The molecule has 0 saturated carbocycles. The SMILES string of the molecule is CC(C)(C)OC(=O)N1CC[C@H](Oc2ccc(-c3ccnc(Cl)n3)cc2C#N)C(F)(F)C1. The number of alkyl halides is 2. The summed E-state index contributed by atoms with van der Waals surface area (Å²) in [7, 11) is 0. The van der Waals surface area contributed by atoms with Gasteiger partial charge in [-0.15, -0.1) is 0 Å². The van der Waals surface area contributed by atoms with Crippen molar-refractivity contribution in [3.63, 3.8) is 0 Å². The van der Waals surface area contributed by atoms with Crippen LogP contribution in [-0.4, -0.2) is 51.7 Å². The Hall–Kier alpha value is -2.99. The second-order valence-corrected chi connectivity index (χ2v) is 8.43. The van der Waals surface area contributed by atoms with E-state index in [4.69, 9.17) is 21.1 Å². The van der Waals surface area contributed by atoms with Gasteiger partial charge in [-0.05, 0) is 56.6 Å². The fourth-order valence-corrected chi connectivity index (χ4v) is 3.22. The van der Waals surface area contributed by atoms with E-state index in [0.717, 1.165) is 4.90 Å². The standard InChI is InChI=1S/C21H21ClF2N4O3/c1-20(2,3)31-19(29)28-9-7-17(21(23,24)12-28)30-16-5-4-13(10-14(16)11-25)15-6-8-26-18(22)27-15/h4-6,8,10,17H,7,9,12H2,1-3H3/t17-/m0/s1. The predicted molar refractivity (Wildman–Crippen MR) is 109 cm³/mol. The number of benzene rings is 1. The quantitative estimate of drug-likeness (QED) is 0.630. The molecule has 0 N–H and O–H groups in total. The molecule has 1 aromatic heterocycles. The van der Waals surface area contributed by atoms with Crippen LogP contribution in [0.5, 0.6) is 5.75 Å². The second-order valence-electron chi connectivity index (χ2n) is 8.09. The van der Waals surface area contributed by atoms with Gasteiger partial charge in [0.05, 0.1) is 17.8 Å². The minimum atomic E-state index is -3.32.